The molecule has 0 saturated carbocycles. The number of alkyl halides is 3. The summed E-state index contributed by atoms with van der Waals surface area (Å²) in [5.74, 6) is -1.18. The zero-order valence-electron chi connectivity index (χ0n) is 18.8. The molecule has 0 bridgehead atoms. The Morgan fingerprint density at radius 2 is 1.85 bits per heavy atom. The van der Waals surface area contributed by atoms with Crippen LogP contribution in [0, 0.1) is 0 Å². The third-order valence-electron chi connectivity index (χ3n) is 5.34. The lowest BCUT2D eigenvalue weighted by Gasteiger charge is -2.37. The predicted molar refractivity (Wildman–Crippen MR) is 126 cm³/mol. The van der Waals surface area contributed by atoms with Crippen molar-refractivity contribution in [3.8, 4) is 0 Å². The summed E-state index contributed by atoms with van der Waals surface area (Å²) in [7, 11) is 0. The number of hydrogen-bond acceptors (Lipinski definition) is 4. The number of nitrogens with one attached hydrogen (secondary N) is 2. The van der Waals surface area contributed by atoms with Crippen LogP contribution in [0.4, 0.5) is 18.9 Å². The molecule has 3 rings (SSSR count). The first kappa shape index (κ1) is 25.2. The number of benzene rings is 2. The highest BCUT2D eigenvalue weighted by Gasteiger charge is 2.34. The van der Waals surface area contributed by atoms with Gasteiger partial charge in [0.05, 0.1) is 23.8 Å². The Labute approximate surface area is 200 Å². The first-order valence-electron chi connectivity index (χ1n) is 10.6. The minimum Gasteiger partial charge on any atom is -0.463 e. The van der Waals surface area contributed by atoms with Crippen molar-refractivity contribution in [2.24, 2.45) is 0 Å². The van der Waals surface area contributed by atoms with E-state index in [0.717, 1.165) is 12.1 Å². The molecule has 180 valence electrons. The van der Waals surface area contributed by atoms with E-state index < -0.39 is 29.7 Å². The number of nitrogens with zero attached hydrogens (tertiary/aromatic N) is 1. The van der Waals surface area contributed by atoms with Crippen LogP contribution >= 0.6 is 12.2 Å². The maximum atomic E-state index is 13.0. The molecule has 1 heterocycles. The van der Waals surface area contributed by atoms with Crippen LogP contribution in [0.1, 0.15) is 48.3 Å². The monoisotopic (exact) mass is 491 g/mol. The molecule has 0 saturated heterocycles. The van der Waals surface area contributed by atoms with E-state index in [2.05, 4.69) is 10.6 Å². The molecule has 2 aromatic carbocycles. The normalized spacial score (nSPS) is 16.2. The molecule has 34 heavy (non-hydrogen) atoms. The third-order valence-corrected chi connectivity index (χ3v) is 5.68. The second-order valence-electron chi connectivity index (χ2n) is 7.50. The van der Waals surface area contributed by atoms with Crippen molar-refractivity contribution in [2.45, 2.75) is 33.0 Å². The van der Waals surface area contributed by atoms with E-state index in [1.54, 1.807) is 43.0 Å². The number of allylic oxidation sites excluding steroid dienone is 1. The summed E-state index contributed by atoms with van der Waals surface area (Å²) in [6, 6.07) is 10.2. The van der Waals surface area contributed by atoms with E-state index in [-0.39, 0.29) is 12.2 Å². The summed E-state index contributed by atoms with van der Waals surface area (Å²) in [5, 5.41) is 6.21. The zero-order valence-corrected chi connectivity index (χ0v) is 19.6. The van der Waals surface area contributed by atoms with Crippen molar-refractivity contribution in [3.05, 3.63) is 76.5 Å². The first-order valence-corrected chi connectivity index (χ1v) is 11.0. The van der Waals surface area contributed by atoms with Gasteiger partial charge in [-0.2, -0.15) is 13.2 Å². The van der Waals surface area contributed by atoms with E-state index in [9.17, 15) is 22.8 Å². The molecule has 0 fully saturated rings. The molecule has 0 spiro atoms. The first-order chi connectivity index (χ1) is 16.1. The maximum absolute atomic E-state index is 13.0. The van der Waals surface area contributed by atoms with Gasteiger partial charge in [0.2, 0.25) is 0 Å². The van der Waals surface area contributed by atoms with Crippen LogP contribution in [0.25, 0.3) is 0 Å². The Bertz CT molecular complexity index is 1150. The average Bonchev–Trinajstić information content (AvgIpc) is 2.78. The van der Waals surface area contributed by atoms with Crippen molar-refractivity contribution in [3.63, 3.8) is 0 Å². The molecule has 1 unspecified atom stereocenters. The predicted octanol–water partition coefficient (Wildman–Crippen LogP) is 5.05. The van der Waals surface area contributed by atoms with E-state index in [0.29, 0.717) is 34.2 Å². The molecule has 2 N–H and O–H groups in total. The lowest BCUT2D eigenvalue weighted by Crippen LogP contribution is -2.47. The maximum Gasteiger partial charge on any atom is 0.416 e. The quantitative estimate of drug-likeness (QED) is 0.436. The number of hydrogen-bond donors (Lipinski definition) is 2. The van der Waals surface area contributed by atoms with Gasteiger partial charge in [0.15, 0.2) is 5.11 Å². The van der Waals surface area contributed by atoms with Crippen molar-refractivity contribution in [1.29, 1.82) is 0 Å². The second kappa shape index (κ2) is 10.3. The molecular weight excluding hydrogens is 467 g/mol. The smallest absolute Gasteiger partial charge is 0.416 e. The Morgan fingerprint density at radius 3 is 2.50 bits per heavy atom. The molecule has 0 radical (unpaired) electrons. The number of esters is 1. The van der Waals surface area contributed by atoms with Gasteiger partial charge in [-0.1, -0.05) is 18.2 Å². The van der Waals surface area contributed by atoms with Crippen LogP contribution < -0.4 is 10.6 Å². The van der Waals surface area contributed by atoms with Gasteiger partial charge in [-0.05, 0) is 68.9 Å². The van der Waals surface area contributed by atoms with E-state index in [4.69, 9.17) is 17.0 Å². The highest BCUT2D eigenvalue weighted by Crippen LogP contribution is 2.33. The summed E-state index contributed by atoms with van der Waals surface area (Å²) in [6.07, 6.45) is -4.55. The molecular formula is C24H24F3N3O3S. The van der Waals surface area contributed by atoms with Crippen LogP contribution in [0.15, 0.2) is 59.8 Å². The van der Waals surface area contributed by atoms with E-state index in [1.807, 2.05) is 6.92 Å². The summed E-state index contributed by atoms with van der Waals surface area (Å²) in [5.41, 5.74) is 0.994. The average molecular weight is 492 g/mol. The van der Waals surface area contributed by atoms with Gasteiger partial charge in [0, 0.05) is 23.5 Å². The minimum atomic E-state index is -4.55. The Balaban J connectivity index is 1.92. The van der Waals surface area contributed by atoms with Gasteiger partial charge >= 0.3 is 12.1 Å². The fourth-order valence-corrected chi connectivity index (χ4v) is 4.11. The van der Waals surface area contributed by atoms with Crippen LogP contribution in [0.5, 0.6) is 0 Å². The number of anilines is 1. The Hall–Kier alpha value is -3.40. The number of thiocarbonyl (C=S) groups is 1. The lowest BCUT2D eigenvalue weighted by molar-refractivity contribution is -0.139. The molecule has 1 aliphatic rings. The molecule has 0 aromatic heterocycles. The van der Waals surface area contributed by atoms with Crippen LogP contribution in [-0.2, 0) is 15.7 Å². The SMILES string of the molecule is CCOC(=O)C1=C(C)N(CC)C(=S)NC1c1cccc(NC(=O)c2cccc(C(F)(F)F)c2)c1. The third kappa shape index (κ3) is 5.39. The topological polar surface area (TPSA) is 70.7 Å². The fraction of sp³-hybridized carbons (Fsp3) is 0.292. The van der Waals surface area contributed by atoms with Gasteiger partial charge in [-0.25, -0.2) is 4.79 Å². The highest BCUT2D eigenvalue weighted by molar-refractivity contribution is 7.80. The lowest BCUT2D eigenvalue weighted by atomic mass is 9.94. The zero-order chi connectivity index (χ0) is 25.0. The van der Waals surface area contributed by atoms with Crippen LogP contribution in [0.3, 0.4) is 0 Å². The van der Waals surface area contributed by atoms with E-state index >= 15 is 0 Å². The minimum absolute atomic E-state index is 0.126. The molecule has 1 amide bonds. The van der Waals surface area contributed by atoms with Crippen molar-refractivity contribution in [1.82, 2.24) is 10.2 Å². The number of rotatable bonds is 6. The van der Waals surface area contributed by atoms with Crippen LogP contribution in [-0.4, -0.2) is 35.0 Å². The summed E-state index contributed by atoms with van der Waals surface area (Å²) < 4.78 is 44.2. The van der Waals surface area contributed by atoms with Gasteiger partial charge in [-0.3, -0.25) is 4.79 Å². The molecule has 10 heteroatoms. The number of carbonyl (C=O) groups excluding carboxylic acids is 2. The van der Waals surface area contributed by atoms with Crippen molar-refractivity contribution >= 4 is 34.9 Å². The molecule has 0 aliphatic carbocycles. The molecule has 2 aromatic rings. The number of carbonyl (C=O) groups is 2. The van der Waals surface area contributed by atoms with Gasteiger partial charge in [-0.15, -0.1) is 0 Å². The van der Waals surface area contributed by atoms with Gasteiger partial charge in [0.1, 0.15) is 0 Å². The van der Waals surface area contributed by atoms with Crippen molar-refractivity contribution in [2.75, 3.05) is 18.5 Å². The molecule has 6 nitrogen and oxygen atoms in total. The summed E-state index contributed by atoms with van der Waals surface area (Å²) in [6.45, 7) is 6.16. The van der Waals surface area contributed by atoms with E-state index in [1.165, 1.54) is 12.1 Å². The Morgan fingerprint density at radius 1 is 1.15 bits per heavy atom. The number of ether oxygens (including phenoxy) is 1. The largest absolute Gasteiger partial charge is 0.463 e. The summed E-state index contributed by atoms with van der Waals surface area (Å²) in [4.78, 5) is 27.2. The fourth-order valence-electron chi connectivity index (χ4n) is 3.72. The van der Waals surface area contributed by atoms with Gasteiger partial charge < -0.3 is 20.3 Å². The standard InChI is InChI=1S/C24H24F3N3O3S/c1-4-30-14(3)19(22(32)33-5-2)20(29-23(30)34)15-8-7-11-18(13-15)28-21(31)16-9-6-10-17(12-16)24(25,26)27/h6-13,20H,4-5H2,1-3H3,(H,28,31)(H,29,34). The molecule has 1 aliphatic heterocycles. The second-order valence-corrected chi connectivity index (χ2v) is 7.89. The van der Waals surface area contributed by atoms with Crippen LogP contribution in [0.2, 0.25) is 0 Å². The van der Waals surface area contributed by atoms with Gasteiger partial charge in [0.25, 0.3) is 5.91 Å². The Kier molecular flexibility index (Phi) is 7.61. The number of amides is 1. The number of halogens is 3. The highest BCUT2D eigenvalue weighted by atomic mass is 32.1. The molecule has 1 atom stereocenters. The summed E-state index contributed by atoms with van der Waals surface area (Å²) >= 11 is 5.46. The van der Waals surface area contributed by atoms with Crippen molar-refractivity contribution < 1.29 is 27.5 Å².